The van der Waals surface area contributed by atoms with Crippen LogP contribution in [0.5, 0.6) is 5.75 Å². The Bertz CT molecular complexity index is 842. The minimum Gasteiger partial charge on any atom is -0.476 e. The molecule has 0 aromatic heterocycles. The van der Waals surface area contributed by atoms with Gasteiger partial charge in [0.25, 0.3) is 0 Å². The predicted octanol–water partition coefficient (Wildman–Crippen LogP) is 3.92. The van der Waals surface area contributed by atoms with Gasteiger partial charge in [0.1, 0.15) is 11.6 Å². The van der Waals surface area contributed by atoms with Gasteiger partial charge in [0, 0.05) is 12.6 Å². The second kappa shape index (κ2) is 10.4. The molecule has 6 heteroatoms. The number of hydrogen-bond donors (Lipinski definition) is 1. The van der Waals surface area contributed by atoms with Gasteiger partial charge in [-0.3, -0.25) is 4.79 Å². The summed E-state index contributed by atoms with van der Waals surface area (Å²) in [6.45, 7) is 5.85. The number of ether oxygens (including phenoxy) is 2. The van der Waals surface area contributed by atoms with Gasteiger partial charge in [-0.1, -0.05) is 24.3 Å². The van der Waals surface area contributed by atoms with E-state index >= 15 is 0 Å². The second-order valence-electron chi connectivity index (χ2n) is 6.90. The van der Waals surface area contributed by atoms with Crippen molar-refractivity contribution in [2.75, 3.05) is 13.2 Å². The number of carbonyl (C=O) groups is 2. The summed E-state index contributed by atoms with van der Waals surface area (Å²) in [6.07, 6.45) is 3.70. The number of nitrogens with one attached hydrogen (secondary N) is 1. The summed E-state index contributed by atoms with van der Waals surface area (Å²) in [5.74, 6) is -0.378. The van der Waals surface area contributed by atoms with E-state index in [2.05, 4.69) is 5.32 Å². The summed E-state index contributed by atoms with van der Waals surface area (Å²) in [6, 6.07) is 13.2. The summed E-state index contributed by atoms with van der Waals surface area (Å²) in [4.78, 5) is 23.8. The zero-order valence-electron chi connectivity index (χ0n) is 16.9. The molecule has 1 amide bonds. The van der Waals surface area contributed by atoms with E-state index in [1.165, 1.54) is 18.2 Å². The zero-order valence-corrected chi connectivity index (χ0v) is 16.9. The Kier molecular flexibility index (Phi) is 7.95. The molecule has 0 aliphatic heterocycles. The third kappa shape index (κ3) is 7.41. The van der Waals surface area contributed by atoms with Crippen molar-refractivity contribution in [3.63, 3.8) is 0 Å². The monoisotopic (exact) mass is 399 g/mol. The minimum atomic E-state index is -1.07. The van der Waals surface area contributed by atoms with Gasteiger partial charge < -0.3 is 14.8 Å². The van der Waals surface area contributed by atoms with Crippen molar-refractivity contribution in [3.8, 4) is 5.75 Å². The lowest BCUT2D eigenvalue weighted by Crippen LogP contribution is -2.39. The largest absolute Gasteiger partial charge is 0.476 e. The van der Waals surface area contributed by atoms with E-state index in [1.54, 1.807) is 51.1 Å². The lowest BCUT2D eigenvalue weighted by Gasteiger charge is -2.24. The first kappa shape index (κ1) is 22.1. The molecule has 0 heterocycles. The zero-order chi connectivity index (χ0) is 21.3. The van der Waals surface area contributed by atoms with E-state index in [9.17, 15) is 14.0 Å². The van der Waals surface area contributed by atoms with Crippen LogP contribution in [0.3, 0.4) is 0 Å². The van der Waals surface area contributed by atoms with Crippen LogP contribution in [0.1, 0.15) is 31.9 Å². The smallest absolute Gasteiger partial charge is 0.349 e. The lowest BCUT2D eigenvalue weighted by atomic mass is 10.1. The highest BCUT2D eigenvalue weighted by atomic mass is 19.1. The number of halogens is 1. The van der Waals surface area contributed by atoms with Gasteiger partial charge >= 0.3 is 5.97 Å². The summed E-state index contributed by atoms with van der Waals surface area (Å²) in [5.41, 5.74) is 0.708. The fourth-order valence-electron chi connectivity index (χ4n) is 2.50. The molecule has 0 aliphatic rings. The number of hydrogen-bond acceptors (Lipinski definition) is 4. The molecule has 2 aromatic carbocycles. The van der Waals surface area contributed by atoms with Gasteiger partial charge in [0.15, 0.2) is 5.60 Å². The van der Waals surface area contributed by atoms with E-state index in [0.717, 1.165) is 11.1 Å². The van der Waals surface area contributed by atoms with Crippen LogP contribution in [0.2, 0.25) is 0 Å². The maximum atomic E-state index is 12.9. The minimum absolute atomic E-state index is 0.217. The van der Waals surface area contributed by atoms with Gasteiger partial charge in [-0.05, 0) is 68.7 Å². The van der Waals surface area contributed by atoms with Gasteiger partial charge in [-0.2, -0.15) is 0 Å². The van der Waals surface area contributed by atoms with Crippen molar-refractivity contribution in [1.29, 1.82) is 0 Å². The first-order valence-electron chi connectivity index (χ1n) is 9.47. The summed E-state index contributed by atoms with van der Waals surface area (Å²) in [7, 11) is 0. The van der Waals surface area contributed by atoms with Crippen molar-refractivity contribution in [3.05, 3.63) is 71.6 Å². The third-order valence-corrected chi connectivity index (χ3v) is 4.07. The van der Waals surface area contributed by atoms with E-state index in [-0.39, 0.29) is 11.7 Å². The highest BCUT2D eigenvalue weighted by Crippen LogP contribution is 2.20. The number of carbonyl (C=O) groups excluding carboxylic acids is 2. The van der Waals surface area contributed by atoms with Crippen molar-refractivity contribution in [1.82, 2.24) is 5.32 Å². The highest BCUT2D eigenvalue weighted by molar-refractivity contribution is 5.91. The normalized spacial score (nSPS) is 11.3. The van der Waals surface area contributed by atoms with Gasteiger partial charge in [-0.15, -0.1) is 0 Å². The first-order chi connectivity index (χ1) is 13.8. The molecular formula is C23H26FNO4. The van der Waals surface area contributed by atoms with E-state index in [1.807, 2.05) is 12.1 Å². The van der Waals surface area contributed by atoms with Crippen LogP contribution < -0.4 is 10.1 Å². The van der Waals surface area contributed by atoms with Gasteiger partial charge in [-0.25, -0.2) is 9.18 Å². The summed E-state index contributed by atoms with van der Waals surface area (Å²) < 4.78 is 23.6. The Morgan fingerprint density at radius 2 is 1.72 bits per heavy atom. The topological polar surface area (TPSA) is 64.6 Å². The number of amides is 1. The fraction of sp³-hybridized carbons (Fsp3) is 0.304. The summed E-state index contributed by atoms with van der Waals surface area (Å²) in [5, 5.41) is 2.80. The maximum Gasteiger partial charge on any atom is 0.349 e. The molecule has 0 aliphatic carbocycles. The molecule has 1 N–H and O–H groups in total. The SMILES string of the molecule is CCOC(=O)C(C)(C)Oc1ccc(CCNC(=O)/C=C/c2ccc(F)cc2)cc1. The molecule has 0 atom stereocenters. The van der Waals surface area contributed by atoms with E-state index in [0.29, 0.717) is 25.3 Å². The Morgan fingerprint density at radius 3 is 2.34 bits per heavy atom. The number of rotatable bonds is 9. The molecule has 29 heavy (non-hydrogen) atoms. The molecule has 0 spiro atoms. The summed E-state index contributed by atoms with van der Waals surface area (Å²) >= 11 is 0. The molecule has 2 aromatic rings. The van der Waals surface area contributed by atoms with Gasteiger partial charge in [0.2, 0.25) is 5.91 Å². The van der Waals surface area contributed by atoms with Crippen LogP contribution in [0.25, 0.3) is 6.08 Å². The quantitative estimate of drug-likeness (QED) is 0.513. The highest BCUT2D eigenvalue weighted by Gasteiger charge is 2.31. The second-order valence-corrected chi connectivity index (χ2v) is 6.90. The molecule has 0 fully saturated rings. The first-order valence-corrected chi connectivity index (χ1v) is 9.47. The van der Waals surface area contributed by atoms with Crippen LogP contribution in [0, 0.1) is 5.82 Å². The van der Waals surface area contributed by atoms with Crippen molar-refractivity contribution in [2.24, 2.45) is 0 Å². The molecule has 0 unspecified atom stereocenters. The van der Waals surface area contributed by atoms with Crippen molar-refractivity contribution < 1.29 is 23.5 Å². The Balaban J connectivity index is 1.79. The molecule has 0 bridgehead atoms. The molecule has 0 saturated carbocycles. The predicted molar refractivity (Wildman–Crippen MR) is 110 cm³/mol. The van der Waals surface area contributed by atoms with Crippen molar-refractivity contribution in [2.45, 2.75) is 32.8 Å². The Hall–Kier alpha value is -3.15. The number of benzene rings is 2. The maximum absolute atomic E-state index is 12.9. The van der Waals surface area contributed by atoms with Crippen LogP contribution >= 0.6 is 0 Å². The molecule has 2 rings (SSSR count). The average Bonchev–Trinajstić information content (AvgIpc) is 2.69. The molecule has 154 valence electrons. The van der Waals surface area contributed by atoms with Crippen molar-refractivity contribution >= 4 is 18.0 Å². The fourth-order valence-corrected chi connectivity index (χ4v) is 2.50. The van der Waals surface area contributed by atoms with Crippen LogP contribution in [-0.4, -0.2) is 30.6 Å². The van der Waals surface area contributed by atoms with E-state index in [4.69, 9.17) is 9.47 Å². The van der Waals surface area contributed by atoms with Crippen LogP contribution in [0.4, 0.5) is 4.39 Å². The standard InChI is InChI=1S/C23H26FNO4/c1-4-28-22(27)23(2,3)29-20-12-7-18(8-13-20)15-16-25-21(26)14-9-17-5-10-19(24)11-6-17/h5-14H,4,15-16H2,1-3H3,(H,25,26)/b14-9+. The molecule has 5 nitrogen and oxygen atoms in total. The third-order valence-electron chi connectivity index (χ3n) is 4.07. The Labute approximate surface area is 170 Å². The molecule has 0 saturated heterocycles. The van der Waals surface area contributed by atoms with Crippen LogP contribution in [-0.2, 0) is 20.7 Å². The van der Waals surface area contributed by atoms with Crippen LogP contribution in [0.15, 0.2) is 54.6 Å². The van der Waals surface area contributed by atoms with Gasteiger partial charge in [0.05, 0.1) is 6.61 Å². The molecular weight excluding hydrogens is 373 g/mol. The molecule has 0 radical (unpaired) electrons. The average molecular weight is 399 g/mol. The Morgan fingerprint density at radius 1 is 1.07 bits per heavy atom. The van der Waals surface area contributed by atoms with E-state index < -0.39 is 11.6 Å². The number of esters is 1. The lowest BCUT2D eigenvalue weighted by molar-refractivity contribution is -0.158.